The first-order valence-electron chi connectivity index (χ1n) is 5.50. The summed E-state index contributed by atoms with van der Waals surface area (Å²) in [6.45, 7) is 3.10. The molecule has 0 aliphatic rings. The molecule has 1 aromatic rings. The molecule has 0 aliphatic heterocycles. The third kappa shape index (κ3) is 3.25. The van der Waals surface area contributed by atoms with E-state index in [1.54, 1.807) is 6.92 Å². The number of non-ortho nitro benzene ring substituents is 1. The number of halogens is 1. The number of rotatable bonds is 4. The van der Waals surface area contributed by atoms with Gasteiger partial charge in [0.1, 0.15) is 11.2 Å². The molecule has 6 nitrogen and oxygen atoms in total. The summed E-state index contributed by atoms with van der Waals surface area (Å²) in [6, 6.07) is 4.60. The number of amides is 1. The van der Waals surface area contributed by atoms with Gasteiger partial charge in [0.15, 0.2) is 0 Å². The molecule has 0 fully saturated rings. The van der Waals surface area contributed by atoms with Crippen LogP contribution in [0.15, 0.2) is 18.2 Å². The molecule has 0 saturated heterocycles. The lowest BCUT2D eigenvalue weighted by molar-refractivity contribution is -0.385. The first-order chi connectivity index (χ1) is 8.82. The molecule has 1 unspecified atom stereocenters. The molecular formula is C12H12FN3O3. The Balaban J connectivity index is 3.04. The first kappa shape index (κ1) is 14.6. The van der Waals surface area contributed by atoms with Crippen molar-refractivity contribution in [2.24, 2.45) is 5.41 Å². The van der Waals surface area contributed by atoms with Gasteiger partial charge in [0, 0.05) is 6.07 Å². The number of anilines is 1. The van der Waals surface area contributed by atoms with E-state index < -0.39 is 27.8 Å². The van der Waals surface area contributed by atoms with Crippen molar-refractivity contribution in [1.29, 1.82) is 5.26 Å². The molecule has 19 heavy (non-hydrogen) atoms. The lowest BCUT2D eigenvalue weighted by Gasteiger charge is -2.18. The lowest BCUT2D eigenvalue weighted by Crippen LogP contribution is -2.31. The molecule has 0 spiro atoms. The van der Waals surface area contributed by atoms with E-state index in [4.69, 9.17) is 5.26 Å². The Morgan fingerprint density at radius 1 is 1.58 bits per heavy atom. The van der Waals surface area contributed by atoms with Gasteiger partial charge in [0.05, 0.1) is 22.7 Å². The van der Waals surface area contributed by atoms with Crippen LogP contribution >= 0.6 is 0 Å². The predicted molar refractivity (Wildman–Crippen MR) is 65.7 cm³/mol. The van der Waals surface area contributed by atoms with Gasteiger partial charge in [-0.2, -0.15) is 5.26 Å². The summed E-state index contributed by atoms with van der Waals surface area (Å²) in [4.78, 5) is 21.7. The number of benzene rings is 1. The summed E-state index contributed by atoms with van der Waals surface area (Å²) >= 11 is 0. The van der Waals surface area contributed by atoms with Crippen molar-refractivity contribution in [2.75, 3.05) is 5.32 Å². The molecule has 0 bridgehead atoms. The van der Waals surface area contributed by atoms with Crippen LogP contribution in [-0.2, 0) is 4.79 Å². The van der Waals surface area contributed by atoms with Gasteiger partial charge in [0.2, 0.25) is 5.91 Å². The molecular weight excluding hydrogens is 253 g/mol. The highest BCUT2D eigenvalue weighted by Gasteiger charge is 2.31. The van der Waals surface area contributed by atoms with Gasteiger partial charge in [-0.15, -0.1) is 0 Å². The third-order valence-corrected chi connectivity index (χ3v) is 2.81. The highest BCUT2D eigenvalue weighted by molar-refractivity contribution is 5.97. The zero-order chi connectivity index (χ0) is 14.6. The van der Waals surface area contributed by atoms with Gasteiger partial charge in [-0.25, -0.2) is 4.39 Å². The highest BCUT2D eigenvalue weighted by atomic mass is 19.1. The van der Waals surface area contributed by atoms with Crippen LogP contribution in [0.2, 0.25) is 0 Å². The van der Waals surface area contributed by atoms with Crippen LogP contribution in [-0.4, -0.2) is 10.8 Å². The average Bonchev–Trinajstić information content (AvgIpc) is 2.36. The number of nitrogens with zero attached hydrogens (tertiary/aromatic N) is 2. The molecule has 1 aromatic carbocycles. The average molecular weight is 265 g/mol. The number of nitro benzene ring substituents is 1. The summed E-state index contributed by atoms with van der Waals surface area (Å²) in [7, 11) is 0. The van der Waals surface area contributed by atoms with Crippen molar-refractivity contribution in [3.8, 4) is 6.07 Å². The van der Waals surface area contributed by atoms with Crippen LogP contribution in [0.5, 0.6) is 0 Å². The molecule has 0 heterocycles. The maximum absolute atomic E-state index is 13.2. The monoisotopic (exact) mass is 265 g/mol. The Labute approximate surface area is 109 Å². The normalized spacial score (nSPS) is 13.2. The zero-order valence-corrected chi connectivity index (χ0v) is 10.4. The Kier molecular flexibility index (Phi) is 4.17. The molecule has 1 atom stereocenters. The van der Waals surface area contributed by atoms with E-state index in [-0.39, 0.29) is 12.1 Å². The lowest BCUT2D eigenvalue weighted by atomic mass is 9.88. The molecule has 7 heteroatoms. The van der Waals surface area contributed by atoms with E-state index in [2.05, 4.69) is 5.32 Å². The number of nitrogens with one attached hydrogen (secondary N) is 1. The smallest absolute Gasteiger partial charge is 0.274 e. The van der Waals surface area contributed by atoms with E-state index in [9.17, 15) is 19.3 Å². The fourth-order valence-corrected chi connectivity index (χ4v) is 1.31. The van der Waals surface area contributed by atoms with Crippen LogP contribution in [0.4, 0.5) is 15.8 Å². The maximum atomic E-state index is 13.2. The van der Waals surface area contributed by atoms with E-state index >= 15 is 0 Å². The van der Waals surface area contributed by atoms with E-state index in [1.807, 2.05) is 6.07 Å². The maximum Gasteiger partial charge on any atom is 0.274 e. The minimum Gasteiger partial charge on any atom is -0.324 e. The van der Waals surface area contributed by atoms with Gasteiger partial charge >= 0.3 is 0 Å². The molecule has 1 rings (SSSR count). The van der Waals surface area contributed by atoms with E-state index in [0.29, 0.717) is 0 Å². The van der Waals surface area contributed by atoms with E-state index in [1.165, 1.54) is 6.92 Å². The number of nitro groups is 1. The van der Waals surface area contributed by atoms with Crippen molar-refractivity contribution >= 4 is 17.3 Å². The van der Waals surface area contributed by atoms with Crippen LogP contribution in [0.25, 0.3) is 0 Å². The Morgan fingerprint density at radius 3 is 2.68 bits per heavy atom. The first-order valence-corrected chi connectivity index (χ1v) is 5.50. The molecule has 1 amide bonds. The second-order valence-electron chi connectivity index (χ2n) is 4.21. The molecule has 0 aliphatic carbocycles. The van der Waals surface area contributed by atoms with Crippen molar-refractivity contribution in [1.82, 2.24) is 0 Å². The second kappa shape index (κ2) is 5.44. The van der Waals surface area contributed by atoms with Crippen LogP contribution in [0.3, 0.4) is 0 Å². The molecule has 100 valence electrons. The van der Waals surface area contributed by atoms with Crippen LogP contribution in [0.1, 0.15) is 20.3 Å². The Bertz CT molecular complexity index is 568. The third-order valence-electron chi connectivity index (χ3n) is 2.81. The van der Waals surface area contributed by atoms with E-state index in [0.717, 1.165) is 18.2 Å². The number of carbonyl (C=O) groups excluding carboxylic acids is 1. The zero-order valence-electron chi connectivity index (χ0n) is 10.4. The van der Waals surface area contributed by atoms with Crippen molar-refractivity contribution in [2.45, 2.75) is 20.3 Å². The highest BCUT2D eigenvalue weighted by Crippen LogP contribution is 2.25. The minimum atomic E-state index is -1.26. The van der Waals surface area contributed by atoms with Crippen LogP contribution in [0, 0.1) is 32.7 Å². The quantitative estimate of drug-likeness (QED) is 0.668. The predicted octanol–water partition coefficient (Wildman–Crippen LogP) is 2.61. The SMILES string of the molecule is CCC(C)(C#N)C(=O)Nc1cc(F)cc([N+](=O)[O-])c1. The Hall–Kier alpha value is -2.49. The molecule has 0 saturated carbocycles. The summed E-state index contributed by atoms with van der Waals surface area (Å²) in [5, 5.41) is 21.8. The van der Waals surface area contributed by atoms with Gasteiger partial charge in [-0.3, -0.25) is 14.9 Å². The standard InChI is InChI=1S/C12H12FN3O3/c1-3-12(2,7-14)11(17)15-9-4-8(13)5-10(6-9)16(18)19/h4-6H,3H2,1-2H3,(H,15,17). The summed E-state index contributed by atoms with van der Waals surface area (Å²) < 4.78 is 13.2. The van der Waals surface area contributed by atoms with Crippen molar-refractivity contribution in [3.05, 3.63) is 34.1 Å². The molecule has 1 N–H and O–H groups in total. The van der Waals surface area contributed by atoms with Crippen molar-refractivity contribution < 1.29 is 14.1 Å². The Morgan fingerprint density at radius 2 is 2.21 bits per heavy atom. The molecule has 0 radical (unpaired) electrons. The summed E-state index contributed by atoms with van der Waals surface area (Å²) in [5.74, 6) is -1.46. The second-order valence-corrected chi connectivity index (χ2v) is 4.21. The number of nitriles is 1. The van der Waals surface area contributed by atoms with Crippen LogP contribution < -0.4 is 5.32 Å². The van der Waals surface area contributed by atoms with Gasteiger partial charge < -0.3 is 5.32 Å². The van der Waals surface area contributed by atoms with Gasteiger partial charge in [0.25, 0.3) is 5.69 Å². The number of hydrogen-bond donors (Lipinski definition) is 1. The summed E-state index contributed by atoms with van der Waals surface area (Å²) in [6.07, 6.45) is 0.271. The van der Waals surface area contributed by atoms with Gasteiger partial charge in [-0.05, 0) is 19.4 Å². The topological polar surface area (TPSA) is 96.0 Å². The fraction of sp³-hybridized carbons (Fsp3) is 0.333. The largest absolute Gasteiger partial charge is 0.324 e. The van der Waals surface area contributed by atoms with Crippen molar-refractivity contribution in [3.63, 3.8) is 0 Å². The molecule has 0 aromatic heterocycles. The number of carbonyl (C=O) groups is 1. The summed E-state index contributed by atoms with van der Waals surface area (Å²) in [5.41, 5.74) is -1.78. The number of hydrogen-bond acceptors (Lipinski definition) is 4. The fourth-order valence-electron chi connectivity index (χ4n) is 1.31. The minimum absolute atomic E-state index is 0.0494. The van der Waals surface area contributed by atoms with Gasteiger partial charge in [-0.1, -0.05) is 6.92 Å².